The van der Waals surface area contributed by atoms with E-state index >= 15 is 0 Å². The van der Waals surface area contributed by atoms with Crippen molar-refractivity contribution >= 4 is 11.9 Å². The van der Waals surface area contributed by atoms with Crippen molar-refractivity contribution in [2.24, 2.45) is 0 Å². The van der Waals surface area contributed by atoms with Crippen LogP contribution in [0.1, 0.15) is 393 Å². The molecule has 6 heteroatoms. The van der Waals surface area contributed by atoms with Crippen LogP contribution in [0.5, 0.6) is 0 Å². The number of aliphatic hydroxyl groups excluding tert-OH is 2. The summed E-state index contributed by atoms with van der Waals surface area (Å²) in [4.78, 5) is 24.6. The van der Waals surface area contributed by atoms with E-state index in [1.54, 1.807) is 6.08 Å². The van der Waals surface area contributed by atoms with Crippen LogP contribution in [-0.4, -0.2) is 47.4 Å². The van der Waals surface area contributed by atoms with Crippen molar-refractivity contribution in [1.29, 1.82) is 0 Å². The summed E-state index contributed by atoms with van der Waals surface area (Å²) in [5, 5.41) is 23.3. The maximum absolute atomic E-state index is 12.5. The highest BCUT2D eigenvalue weighted by Crippen LogP contribution is 2.19. The first-order chi connectivity index (χ1) is 39.0. The van der Waals surface area contributed by atoms with Crippen LogP contribution in [0.3, 0.4) is 0 Å². The van der Waals surface area contributed by atoms with Crippen molar-refractivity contribution in [2.45, 2.75) is 405 Å². The van der Waals surface area contributed by atoms with E-state index in [1.807, 2.05) is 6.08 Å². The van der Waals surface area contributed by atoms with Gasteiger partial charge in [-0.2, -0.15) is 0 Å². The number of allylic oxidation sites excluding steroid dienone is 5. The van der Waals surface area contributed by atoms with Crippen molar-refractivity contribution in [2.75, 3.05) is 13.2 Å². The van der Waals surface area contributed by atoms with Gasteiger partial charge in [-0.3, -0.25) is 9.59 Å². The van der Waals surface area contributed by atoms with Crippen LogP contribution in [0, 0.1) is 0 Å². The van der Waals surface area contributed by atoms with Gasteiger partial charge in [0.15, 0.2) is 0 Å². The van der Waals surface area contributed by atoms with E-state index in [4.69, 9.17) is 4.74 Å². The number of unbranched alkanes of at least 4 members (excludes halogenated alkanes) is 52. The van der Waals surface area contributed by atoms with Gasteiger partial charge in [0.1, 0.15) is 0 Å². The molecule has 0 spiro atoms. The van der Waals surface area contributed by atoms with E-state index in [0.29, 0.717) is 19.4 Å². The number of hydrogen-bond donors (Lipinski definition) is 3. The van der Waals surface area contributed by atoms with Crippen LogP contribution >= 0.6 is 0 Å². The van der Waals surface area contributed by atoms with Gasteiger partial charge in [0.2, 0.25) is 5.91 Å². The average Bonchev–Trinajstić information content (AvgIpc) is 3.45. The van der Waals surface area contributed by atoms with E-state index in [2.05, 4.69) is 43.5 Å². The van der Waals surface area contributed by atoms with Crippen LogP contribution in [0.4, 0.5) is 0 Å². The first kappa shape index (κ1) is 77.1. The molecule has 0 aliphatic rings. The maximum atomic E-state index is 12.5. The van der Waals surface area contributed by atoms with Crippen LogP contribution in [-0.2, 0) is 14.3 Å². The molecule has 0 radical (unpaired) electrons. The Balaban J connectivity index is 3.42. The SMILES string of the molecule is CCCCC/C=C\C/C=C\CCCCCCCCCC(=O)OCCCCCCCCCCCCCCCCCCCCCCC(=O)NC(CO)C(O)/C=C/CCCCCCCCCCCCCCCCCCCCCCCCC. The van der Waals surface area contributed by atoms with Crippen molar-refractivity contribution in [3.8, 4) is 0 Å². The van der Waals surface area contributed by atoms with Crippen molar-refractivity contribution in [3.63, 3.8) is 0 Å². The molecule has 3 N–H and O–H groups in total. The van der Waals surface area contributed by atoms with E-state index in [9.17, 15) is 19.8 Å². The number of aliphatic hydroxyl groups is 2. The fourth-order valence-electron chi connectivity index (χ4n) is 11.2. The second kappa shape index (κ2) is 68.6. The Morgan fingerprint density at radius 2 is 0.633 bits per heavy atom. The van der Waals surface area contributed by atoms with E-state index < -0.39 is 12.1 Å². The summed E-state index contributed by atoms with van der Waals surface area (Å²) >= 11 is 0. The number of nitrogens with one attached hydrogen (secondary N) is 1. The zero-order valence-electron chi connectivity index (χ0n) is 53.4. The third kappa shape index (κ3) is 65.1. The molecule has 0 aromatic heterocycles. The summed E-state index contributed by atoms with van der Waals surface area (Å²) in [6.07, 6.45) is 87.9. The topological polar surface area (TPSA) is 95.9 Å². The molecule has 0 heterocycles. The fourth-order valence-corrected chi connectivity index (χ4v) is 11.2. The number of carbonyl (C=O) groups excluding carboxylic acids is 2. The Bertz CT molecular complexity index is 1280. The van der Waals surface area contributed by atoms with Gasteiger partial charge in [-0.05, 0) is 64.2 Å². The molecule has 0 aromatic carbocycles. The number of carbonyl (C=O) groups is 2. The lowest BCUT2D eigenvalue weighted by molar-refractivity contribution is -0.143. The summed E-state index contributed by atoms with van der Waals surface area (Å²) in [6.45, 7) is 4.91. The van der Waals surface area contributed by atoms with Crippen molar-refractivity contribution < 1.29 is 24.5 Å². The molecule has 0 aliphatic carbocycles. The highest BCUT2D eigenvalue weighted by molar-refractivity contribution is 5.76. The van der Waals surface area contributed by atoms with Crippen molar-refractivity contribution in [1.82, 2.24) is 5.32 Å². The Hall–Kier alpha value is -1.92. The largest absolute Gasteiger partial charge is 0.466 e. The highest BCUT2D eigenvalue weighted by Gasteiger charge is 2.18. The lowest BCUT2D eigenvalue weighted by Gasteiger charge is -2.20. The molecule has 466 valence electrons. The summed E-state index contributed by atoms with van der Waals surface area (Å²) in [6, 6.07) is -0.632. The Labute approximate surface area is 494 Å². The summed E-state index contributed by atoms with van der Waals surface area (Å²) < 4.78 is 5.50. The molecule has 0 fully saturated rings. The molecule has 2 atom stereocenters. The standard InChI is InChI=1S/C73H139NO5/c1-3-5-7-9-11-13-15-17-19-21-22-23-24-25-26-27-30-34-37-41-45-49-53-57-61-65-71(76)70(69-75)74-72(77)66-62-58-54-50-46-42-38-35-31-28-29-32-36-40-44-48-52-56-60-64-68-79-73(78)67-63-59-55-51-47-43-39-33-20-18-16-14-12-10-8-6-4-2/h12,14,18,20,61,65,70-71,75-76H,3-11,13,15-17,19,21-60,62-64,66-69H2,1-2H3,(H,74,77)/b14-12-,20-18-,65-61+. The Morgan fingerprint density at radius 1 is 0.354 bits per heavy atom. The molecule has 0 saturated heterocycles. The molecule has 79 heavy (non-hydrogen) atoms. The minimum atomic E-state index is -0.848. The lowest BCUT2D eigenvalue weighted by Crippen LogP contribution is -2.45. The first-order valence-electron chi connectivity index (χ1n) is 35.8. The number of esters is 1. The highest BCUT2D eigenvalue weighted by atomic mass is 16.5. The zero-order valence-corrected chi connectivity index (χ0v) is 53.4. The number of amides is 1. The molecule has 2 unspecified atom stereocenters. The fraction of sp³-hybridized carbons (Fsp3) is 0.890. The van der Waals surface area contributed by atoms with Crippen LogP contribution < -0.4 is 5.32 Å². The second-order valence-corrected chi connectivity index (χ2v) is 24.6. The smallest absolute Gasteiger partial charge is 0.305 e. The predicted molar refractivity (Wildman–Crippen MR) is 347 cm³/mol. The third-order valence-corrected chi connectivity index (χ3v) is 16.7. The molecule has 0 aromatic rings. The van der Waals surface area contributed by atoms with Crippen LogP contribution in [0.25, 0.3) is 0 Å². The number of rotatable bonds is 67. The van der Waals surface area contributed by atoms with Crippen molar-refractivity contribution in [3.05, 3.63) is 36.5 Å². The molecule has 0 aliphatic heterocycles. The van der Waals surface area contributed by atoms with E-state index in [0.717, 1.165) is 51.4 Å². The van der Waals surface area contributed by atoms with Gasteiger partial charge in [-0.1, -0.05) is 352 Å². The van der Waals surface area contributed by atoms with Crippen LogP contribution in [0.15, 0.2) is 36.5 Å². The van der Waals surface area contributed by atoms with Gasteiger partial charge in [0.25, 0.3) is 0 Å². The monoisotopic (exact) mass is 1110 g/mol. The van der Waals surface area contributed by atoms with E-state index in [-0.39, 0.29) is 18.5 Å². The predicted octanol–water partition coefficient (Wildman–Crippen LogP) is 23.1. The molecule has 6 nitrogen and oxygen atoms in total. The normalized spacial score (nSPS) is 12.7. The third-order valence-electron chi connectivity index (χ3n) is 16.7. The maximum Gasteiger partial charge on any atom is 0.305 e. The molecular formula is C73H139NO5. The summed E-state index contributed by atoms with van der Waals surface area (Å²) in [5.41, 5.74) is 0. The molecular weight excluding hydrogens is 971 g/mol. The molecule has 1 amide bonds. The van der Waals surface area contributed by atoms with Gasteiger partial charge in [-0.15, -0.1) is 0 Å². The molecule has 0 rings (SSSR count). The lowest BCUT2D eigenvalue weighted by atomic mass is 10.0. The minimum absolute atomic E-state index is 0.00295. The van der Waals surface area contributed by atoms with Gasteiger partial charge in [0, 0.05) is 12.8 Å². The van der Waals surface area contributed by atoms with Crippen LogP contribution in [0.2, 0.25) is 0 Å². The summed E-state index contributed by atoms with van der Waals surface area (Å²) in [5.74, 6) is -0.0629. The molecule has 0 saturated carbocycles. The molecule has 0 bridgehead atoms. The van der Waals surface area contributed by atoms with Gasteiger partial charge in [-0.25, -0.2) is 0 Å². The number of hydrogen-bond acceptors (Lipinski definition) is 5. The zero-order chi connectivity index (χ0) is 57.1. The quantitative estimate of drug-likeness (QED) is 0.0320. The Morgan fingerprint density at radius 3 is 0.987 bits per heavy atom. The second-order valence-electron chi connectivity index (χ2n) is 24.6. The minimum Gasteiger partial charge on any atom is -0.466 e. The average molecular weight is 1110 g/mol. The van der Waals surface area contributed by atoms with E-state index in [1.165, 1.54) is 315 Å². The van der Waals surface area contributed by atoms with Gasteiger partial charge in [0.05, 0.1) is 25.4 Å². The van der Waals surface area contributed by atoms with Gasteiger partial charge >= 0.3 is 5.97 Å². The first-order valence-corrected chi connectivity index (χ1v) is 35.8. The Kier molecular flexibility index (Phi) is 66.9. The summed E-state index contributed by atoms with van der Waals surface area (Å²) in [7, 11) is 0. The van der Waals surface area contributed by atoms with Gasteiger partial charge < -0.3 is 20.3 Å². The number of ether oxygens (including phenoxy) is 1.